The van der Waals surface area contributed by atoms with Crippen LogP contribution in [0.15, 0.2) is 36.4 Å². The topological polar surface area (TPSA) is 93.7 Å². The van der Waals surface area contributed by atoms with Crippen molar-refractivity contribution in [2.24, 2.45) is 0 Å². The second-order valence-corrected chi connectivity index (χ2v) is 5.79. The van der Waals surface area contributed by atoms with Gasteiger partial charge in [-0.05, 0) is 36.4 Å². The maximum atomic E-state index is 12.0. The molecule has 0 heterocycles. The molecular formula is C17H14Cl2N2O5. The van der Waals surface area contributed by atoms with E-state index in [1.54, 1.807) is 0 Å². The van der Waals surface area contributed by atoms with Gasteiger partial charge >= 0.3 is 0 Å². The summed E-state index contributed by atoms with van der Waals surface area (Å²) in [6.45, 7) is -0.389. The number of methoxy groups -OCH3 is 1. The fraction of sp³-hybridized carbons (Fsp3) is 0.118. The third kappa shape index (κ3) is 5.11. The summed E-state index contributed by atoms with van der Waals surface area (Å²) in [7, 11) is 1.41. The summed E-state index contributed by atoms with van der Waals surface area (Å²) in [6.07, 6.45) is 0.662. The van der Waals surface area contributed by atoms with E-state index in [-0.39, 0.29) is 22.9 Å². The van der Waals surface area contributed by atoms with Gasteiger partial charge in [0.2, 0.25) is 0 Å². The van der Waals surface area contributed by atoms with Crippen molar-refractivity contribution in [1.29, 1.82) is 0 Å². The zero-order chi connectivity index (χ0) is 19.1. The predicted molar refractivity (Wildman–Crippen MR) is 95.9 cm³/mol. The maximum Gasteiger partial charge on any atom is 0.276 e. The number of amides is 2. The van der Waals surface area contributed by atoms with Crippen LogP contribution in [0.3, 0.4) is 0 Å². The van der Waals surface area contributed by atoms with Crippen LogP contribution in [0.1, 0.15) is 20.7 Å². The number of hydrogen-bond acceptors (Lipinski definition) is 5. The summed E-state index contributed by atoms with van der Waals surface area (Å²) in [5.74, 6) is -0.661. The van der Waals surface area contributed by atoms with Gasteiger partial charge in [0, 0.05) is 10.6 Å². The fourth-order valence-electron chi connectivity index (χ4n) is 1.92. The van der Waals surface area contributed by atoms with Gasteiger partial charge in [-0.2, -0.15) is 0 Å². The van der Waals surface area contributed by atoms with Gasteiger partial charge in [0.05, 0.1) is 17.7 Å². The molecule has 136 valence electrons. The molecule has 0 aliphatic carbocycles. The molecule has 0 radical (unpaired) electrons. The summed E-state index contributed by atoms with van der Waals surface area (Å²) in [6, 6.07) is 8.88. The Balaban J connectivity index is 1.90. The number of halogens is 2. The van der Waals surface area contributed by atoms with Crippen LogP contribution in [0, 0.1) is 0 Å². The van der Waals surface area contributed by atoms with E-state index in [9.17, 15) is 14.4 Å². The maximum absolute atomic E-state index is 12.0. The lowest BCUT2D eigenvalue weighted by atomic mass is 10.2. The Morgan fingerprint density at radius 1 is 1.08 bits per heavy atom. The highest BCUT2D eigenvalue weighted by molar-refractivity contribution is 6.35. The molecule has 0 saturated carbocycles. The van der Waals surface area contributed by atoms with Crippen molar-refractivity contribution in [2.45, 2.75) is 0 Å². The summed E-state index contributed by atoms with van der Waals surface area (Å²) in [5.41, 5.74) is 4.93. The van der Waals surface area contributed by atoms with Crippen molar-refractivity contribution in [3.63, 3.8) is 0 Å². The second kappa shape index (κ2) is 9.07. The molecule has 0 spiro atoms. The van der Waals surface area contributed by atoms with Gasteiger partial charge in [0.1, 0.15) is 6.29 Å². The molecule has 0 saturated heterocycles. The third-order valence-electron chi connectivity index (χ3n) is 3.17. The van der Waals surface area contributed by atoms with Gasteiger partial charge in [-0.3, -0.25) is 25.2 Å². The largest absolute Gasteiger partial charge is 0.493 e. The molecule has 0 aliphatic rings. The predicted octanol–water partition coefficient (Wildman–Crippen LogP) is 2.65. The Morgan fingerprint density at radius 2 is 1.85 bits per heavy atom. The van der Waals surface area contributed by atoms with Crippen molar-refractivity contribution >= 4 is 41.3 Å². The average Bonchev–Trinajstić information content (AvgIpc) is 2.66. The van der Waals surface area contributed by atoms with Gasteiger partial charge in [-0.15, -0.1) is 0 Å². The molecule has 2 aromatic carbocycles. The Hall–Kier alpha value is -2.77. The average molecular weight is 397 g/mol. The van der Waals surface area contributed by atoms with Crippen molar-refractivity contribution in [3.8, 4) is 11.5 Å². The van der Waals surface area contributed by atoms with Crippen LogP contribution in [-0.2, 0) is 4.79 Å². The number of benzene rings is 2. The van der Waals surface area contributed by atoms with Crippen LogP contribution in [0.5, 0.6) is 11.5 Å². The van der Waals surface area contributed by atoms with Gasteiger partial charge in [-0.25, -0.2) is 0 Å². The first-order valence-corrected chi connectivity index (χ1v) is 8.00. The number of nitrogens with one attached hydrogen (secondary N) is 2. The molecular weight excluding hydrogens is 383 g/mol. The number of carbonyl (C=O) groups is 3. The molecule has 9 heteroatoms. The highest BCUT2D eigenvalue weighted by Crippen LogP contribution is 2.27. The lowest BCUT2D eigenvalue weighted by Crippen LogP contribution is -2.43. The number of hydrogen-bond donors (Lipinski definition) is 2. The van der Waals surface area contributed by atoms with Crippen molar-refractivity contribution in [3.05, 3.63) is 57.6 Å². The molecule has 0 aromatic heterocycles. The van der Waals surface area contributed by atoms with Gasteiger partial charge in [-0.1, -0.05) is 23.2 Å². The van der Waals surface area contributed by atoms with E-state index in [4.69, 9.17) is 32.7 Å². The molecule has 0 bridgehead atoms. The van der Waals surface area contributed by atoms with Crippen LogP contribution in [0.4, 0.5) is 0 Å². The minimum atomic E-state index is -0.626. The highest BCUT2D eigenvalue weighted by Gasteiger charge is 2.13. The van der Waals surface area contributed by atoms with E-state index < -0.39 is 11.8 Å². The highest BCUT2D eigenvalue weighted by atomic mass is 35.5. The third-order valence-corrected chi connectivity index (χ3v) is 3.74. The minimum absolute atomic E-state index is 0.117. The fourth-order valence-corrected chi connectivity index (χ4v) is 2.30. The van der Waals surface area contributed by atoms with E-state index in [0.717, 1.165) is 0 Å². The molecule has 0 fully saturated rings. The van der Waals surface area contributed by atoms with E-state index in [1.807, 2.05) is 0 Å². The van der Waals surface area contributed by atoms with Crippen molar-refractivity contribution in [1.82, 2.24) is 10.9 Å². The van der Waals surface area contributed by atoms with Crippen LogP contribution in [0.2, 0.25) is 10.0 Å². The van der Waals surface area contributed by atoms with Crippen LogP contribution >= 0.6 is 23.2 Å². The number of rotatable bonds is 6. The standard InChI is InChI=1S/C17H14Cl2N2O5/c1-25-15-6-10(8-22)2-5-14(15)26-9-16(23)20-21-17(24)12-7-11(18)3-4-13(12)19/h2-8H,9H2,1H3,(H,20,23)(H,21,24). The summed E-state index contributed by atoms with van der Waals surface area (Å²) >= 11 is 11.7. The second-order valence-electron chi connectivity index (χ2n) is 4.94. The molecule has 0 unspecified atom stereocenters. The molecule has 2 N–H and O–H groups in total. The van der Waals surface area contributed by atoms with E-state index >= 15 is 0 Å². The van der Waals surface area contributed by atoms with E-state index in [2.05, 4.69) is 10.9 Å². The zero-order valence-electron chi connectivity index (χ0n) is 13.5. The first-order valence-electron chi connectivity index (χ1n) is 7.25. The van der Waals surface area contributed by atoms with Crippen LogP contribution < -0.4 is 20.3 Å². The first-order chi connectivity index (χ1) is 12.4. The smallest absolute Gasteiger partial charge is 0.276 e. The van der Waals surface area contributed by atoms with E-state index in [1.165, 1.54) is 43.5 Å². The summed E-state index contributed by atoms with van der Waals surface area (Å²) < 4.78 is 10.4. The minimum Gasteiger partial charge on any atom is -0.493 e. The summed E-state index contributed by atoms with van der Waals surface area (Å²) in [4.78, 5) is 34.6. The lowest BCUT2D eigenvalue weighted by molar-refractivity contribution is -0.123. The summed E-state index contributed by atoms with van der Waals surface area (Å²) in [5, 5.41) is 0.525. The molecule has 2 amide bonds. The normalized spacial score (nSPS) is 9.96. The Labute approximate surface area is 159 Å². The van der Waals surface area contributed by atoms with Gasteiger partial charge in [0.25, 0.3) is 11.8 Å². The Kier molecular flexibility index (Phi) is 6.82. The van der Waals surface area contributed by atoms with Gasteiger partial charge in [0.15, 0.2) is 18.1 Å². The lowest BCUT2D eigenvalue weighted by Gasteiger charge is -2.12. The quantitative estimate of drug-likeness (QED) is 0.578. The molecule has 2 rings (SSSR count). The number of carbonyl (C=O) groups excluding carboxylic acids is 3. The SMILES string of the molecule is COc1cc(C=O)ccc1OCC(=O)NNC(=O)c1cc(Cl)ccc1Cl. The molecule has 2 aromatic rings. The van der Waals surface area contributed by atoms with Crippen LogP contribution in [0.25, 0.3) is 0 Å². The number of hydrazine groups is 1. The first kappa shape index (κ1) is 19.6. The zero-order valence-corrected chi connectivity index (χ0v) is 15.1. The van der Waals surface area contributed by atoms with E-state index in [0.29, 0.717) is 22.6 Å². The monoisotopic (exact) mass is 396 g/mol. The number of ether oxygens (including phenoxy) is 2. The van der Waals surface area contributed by atoms with Crippen molar-refractivity contribution < 1.29 is 23.9 Å². The van der Waals surface area contributed by atoms with Crippen molar-refractivity contribution in [2.75, 3.05) is 13.7 Å². The molecule has 7 nitrogen and oxygen atoms in total. The number of aldehydes is 1. The van der Waals surface area contributed by atoms with Crippen LogP contribution in [-0.4, -0.2) is 31.8 Å². The molecule has 26 heavy (non-hydrogen) atoms. The molecule has 0 aliphatic heterocycles. The molecule has 0 atom stereocenters. The van der Waals surface area contributed by atoms with Gasteiger partial charge < -0.3 is 9.47 Å². The Morgan fingerprint density at radius 3 is 2.54 bits per heavy atom. The Bertz CT molecular complexity index is 842.